The number of aryl methyl sites for hydroxylation is 1. The predicted molar refractivity (Wildman–Crippen MR) is 75.4 cm³/mol. The van der Waals surface area contributed by atoms with Gasteiger partial charge in [-0.3, -0.25) is 4.79 Å². The summed E-state index contributed by atoms with van der Waals surface area (Å²) in [6.07, 6.45) is 2.17. The van der Waals surface area contributed by atoms with Crippen molar-refractivity contribution in [3.8, 4) is 5.75 Å². The molecule has 104 valence electrons. The fourth-order valence-electron chi connectivity index (χ4n) is 2.59. The van der Waals surface area contributed by atoms with Crippen molar-refractivity contribution in [2.75, 3.05) is 13.1 Å². The van der Waals surface area contributed by atoms with Gasteiger partial charge in [-0.05, 0) is 57.3 Å². The van der Waals surface area contributed by atoms with Gasteiger partial charge in [-0.2, -0.15) is 0 Å². The molecule has 0 aromatic heterocycles. The summed E-state index contributed by atoms with van der Waals surface area (Å²) in [5, 5.41) is 16.2. The third-order valence-corrected chi connectivity index (χ3v) is 3.93. The van der Waals surface area contributed by atoms with E-state index in [1.165, 1.54) is 0 Å². The van der Waals surface area contributed by atoms with Gasteiger partial charge in [0.05, 0.1) is 5.56 Å². The van der Waals surface area contributed by atoms with E-state index in [1.807, 2.05) is 6.92 Å². The van der Waals surface area contributed by atoms with Crippen LogP contribution in [0, 0.1) is 12.8 Å². The maximum absolute atomic E-state index is 12.2. The Bertz CT molecular complexity index is 453. The average Bonchev–Trinajstić information content (AvgIpc) is 2.42. The van der Waals surface area contributed by atoms with Crippen molar-refractivity contribution in [2.24, 2.45) is 5.92 Å². The second-order valence-electron chi connectivity index (χ2n) is 5.32. The van der Waals surface area contributed by atoms with Crippen molar-refractivity contribution >= 4 is 5.91 Å². The van der Waals surface area contributed by atoms with Crippen LogP contribution < -0.4 is 10.6 Å². The number of benzene rings is 1. The number of carbonyl (C=O) groups excluding carboxylic acids is 1. The summed E-state index contributed by atoms with van der Waals surface area (Å²) >= 11 is 0. The van der Waals surface area contributed by atoms with Gasteiger partial charge >= 0.3 is 0 Å². The summed E-state index contributed by atoms with van der Waals surface area (Å²) in [4.78, 5) is 12.2. The number of para-hydroxylation sites is 1. The van der Waals surface area contributed by atoms with Gasteiger partial charge in [-0.25, -0.2) is 0 Å². The van der Waals surface area contributed by atoms with Crippen LogP contribution in [0.15, 0.2) is 18.2 Å². The Labute approximate surface area is 114 Å². The summed E-state index contributed by atoms with van der Waals surface area (Å²) in [7, 11) is 0. The molecule has 4 heteroatoms. The zero-order valence-corrected chi connectivity index (χ0v) is 11.6. The minimum atomic E-state index is -0.188. The largest absolute Gasteiger partial charge is 0.507 e. The molecule has 1 aromatic rings. The fourth-order valence-corrected chi connectivity index (χ4v) is 2.59. The predicted octanol–water partition coefficient (Wildman–Crippen LogP) is 1.82. The Morgan fingerprint density at radius 3 is 2.79 bits per heavy atom. The monoisotopic (exact) mass is 262 g/mol. The molecule has 0 saturated carbocycles. The van der Waals surface area contributed by atoms with Crippen LogP contribution in [0.5, 0.6) is 5.75 Å². The number of nitrogens with one attached hydrogen (secondary N) is 2. The molecule has 1 heterocycles. The Morgan fingerprint density at radius 1 is 1.42 bits per heavy atom. The van der Waals surface area contributed by atoms with E-state index >= 15 is 0 Å². The van der Waals surface area contributed by atoms with Gasteiger partial charge in [-0.1, -0.05) is 12.1 Å². The highest BCUT2D eigenvalue weighted by Crippen LogP contribution is 2.22. The first-order valence-electron chi connectivity index (χ1n) is 6.89. The van der Waals surface area contributed by atoms with Crippen LogP contribution >= 0.6 is 0 Å². The van der Waals surface area contributed by atoms with Crippen LogP contribution in [0.25, 0.3) is 0 Å². The molecule has 1 saturated heterocycles. The normalized spacial score (nSPS) is 18.0. The highest BCUT2D eigenvalue weighted by atomic mass is 16.3. The molecule has 1 aromatic carbocycles. The molecule has 0 radical (unpaired) electrons. The minimum Gasteiger partial charge on any atom is -0.507 e. The summed E-state index contributed by atoms with van der Waals surface area (Å²) in [6.45, 7) is 5.87. The average molecular weight is 262 g/mol. The number of piperidine rings is 1. The summed E-state index contributed by atoms with van der Waals surface area (Å²) in [5.74, 6) is 0.405. The van der Waals surface area contributed by atoms with Crippen LogP contribution in [0.1, 0.15) is 35.7 Å². The topological polar surface area (TPSA) is 61.4 Å². The summed E-state index contributed by atoms with van der Waals surface area (Å²) in [5.41, 5.74) is 1.09. The Kier molecular flexibility index (Phi) is 4.43. The molecule has 1 unspecified atom stereocenters. The number of phenols is 1. The lowest BCUT2D eigenvalue weighted by atomic mass is 9.91. The van der Waals surface area contributed by atoms with Crippen LogP contribution in [0.3, 0.4) is 0 Å². The maximum atomic E-state index is 12.2. The van der Waals surface area contributed by atoms with Gasteiger partial charge in [0.25, 0.3) is 5.91 Å². The number of aromatic hydroxyl groups is 1. The van der Waals surface area contributed by atoms with Crippen molar-refractivity contribution in [3.63, 3.8) is 0 Å². The first-order valence-corrected chi connectivity index (χ1v) is 6.89. The number of rotatable bonds is 3. The molecule has 2 rings (SSSR count). The van der Waals surface area contributed by atoms with E-state index in [2.05, 4.69) is 10.6 Å². The van der Waals surface area contributed by atoms with E-state index in [-0.39, 0.29) is 17.7 Å². The zero-order valence-electron chi connectivity index (χ0n) is 11.6. The van der Waals surface area contributed by atoms with Gasteiger partial charge < -0.3 is 15.7 Å². The molecule has 1 aliphatic rings. The molecule has 19 heavy (non-hydrogen) atoms. The first kappa shape index (κ1) is 13.9. The smallest absolute Gasteiger partial charge is 0.255 e. The maximum Gasteiger partial charge on any atom is 0.255 e. The lowest BCUT2D eigenvalue weighted by Gasteiger charge is -2.28. The molecule has 1 fully saturated rings. The molecule has 0 aliphatic carbocycles. The van der Waals surface area contributed by atoms with E-state index in [0.717, 1.165) is 31.5 Å². The first-order chi connectivity index (χ1) is 9.09. The van der Waals surface area contributed by atoms with Crippen molar-refractivity contribution in [2.45, 2.75) is 32.7 Å². The van der Waals surface area contributed by atoms with Gasteiger partial charge in [0.15, 0.2) is 0 Å². The number of phenolic OH excluding ortho intramolecular Hbond substituents is 1. The number of carbonyl (C=O) groups is 1. The quantitative estimate of drug-likeness (QED) is 0.778. The SMILES string of the molecule is Cc1cccc(C(=O)NC(C)C2CCNCC2)c1O. The molecule has 0 spiro atoms. The van der Waals surface area contributed by atoms with E-state index < -0.39 is 0 Å². The van der Waals surface area contributed by atoms with E-state index in [0.29, 0.717) is 11.5 Å². The second kappa shape index (κ2) is 6.06. The standard InChI is InChI=1S/C15H22N2O2/c1-10-4-3-5-13(14(10)18)15(19)17-11(2)12-6-8-16-9-7-12/h3-5,11-12,16,18H,6-9H2,1-2H3,(H,17,19). The van der Waals surface area contributed by atoms with Gasteiger partial charge in [0.2, 0.25) is 0 Å². The Hall–Kier alpha value is -1.55. The molecule has 1 atom stereocenters. The molecule has 1 amide bonds. The van der Waals surface area contributed by atoms with Gasteiger partial charge in [0, 0.05) is 6.04 Å². The molecule has 1 aliphatic heterocycles. The van der Waals surface area contributed by atoms with Crippen LogP contribution in [-0.4, -0.2) is 30.1 Å². The number of amides is 1. The highest BCUT2D eigenvalue weighted by Gasteiger charge is 2.22. The van der Waals surface area contributed by atoms with E-state index in [1.54, 1.807) is 25.1 Å². The van der Waals surface area contributed by atoms with Crippen molar-refractivity contribution in [3.05, 3.63) is 29.3 Å². The van der Waals surface area contributed by atoms with Gasteiger partial charge in [0.1, 0.15) is 5.75 Å². The van der Waals surface area contributed by atoms with Gasteiger partial charge in [-0.15, -0.1) is 0 Å². The minimum absolute atomic E-state index is 0.0810. The Morgan fingerprint density at radius 2 is 2.11 bits per heavy atom. The van der Waals surface area contributed by atoms with Crippen LogP contribution in [0.2, 0.25) is 0 Å². The zero-order chi connectivity index (χ0) is 13.8. The molecule has 0 bridgehead atoms. The van der Waals surface area contributed by atoms with Crippen molar-refractivity contribution in [1.29, 1.82) is 0 Å². The Balaban J connectivity index is 2.02. The molecule has 3 N–H and O–H groups in total. The summed E-state index contributed by atoms with van der Waals surface area (Å²) < 4.78 is 0. The fraction of sp³-hybridized carbons (Fsp3) is 0.533. The number of hydrogen-bond acceptors (Lipinski definition) is 3. The third kappa shape index (κ3) is 3.26. The second-order valence-corrected chi connectivity index (χ2v) is 5.32. The lowest BCUT2D eigenvalue weighted by Crippen LogP contribution is -2.42. The van der Waals surface area contributed by atoms with E-state index in [9.17, 15) is 9.90 Å². The van der Waals surface area contributed by atoms with Crippen LogP contribution in [0.4, 0.5) is 0 Å². The highest BCUT2D eigenvalue weighted by molar-refractivity contribution is 5.97. The van der Waals surface area contributed by atoms with E-state index in [4.69, 9.17) is 0 Å². The van der Waals surface area contributed by atoms with Crippen molar-refractivity contribution < 1.29 is 9.90 Å². The van der Waals surface area contributed by atoms with Crippen LogP contribution in [-0.2, 0) is 0 Å². The molecular formula is C15H22N2O2. The number of hydrogen-bond donors (Lipinski definition) is 3. The molecule has 4 nitrogen and oxygen atoms in total. The van der Waals surface area contributed by atoms with Crippen molar-refractivity contribution in [1.82, 2.24) is 10.6 Å². The molecular weight excluding hydrogens is 240 g/mol. The summed E-state index contributed by atoms with van der Waals surface area (Å²) in [6, 6.07) is 5.38. The third-order valence-electron chi connectivity index (χ3n) is 3.93. The lowest BCUT2D eigenvalue weighted by molar-refractivity contribution is 0.0918.